The molecule has 1 rings (SSSR count). The van der Waals surface area contributed by atoms with Gasteiger partial charge in [-0.2, -0.15) is 0 Å². The van der Waals surface area contributed by atoms with Crippen molar-refractivity contribution in [2.75, 3.05) is 40.4 Å². The number of ether oxygens (including phenoxy) is 1. The van der Waals surface area contributed by atoms with Gasteiger partial charge in [-0.1, -0.05) is 0 Å². The summed E-state index contributed by atoms with van der Waals surface area (Å²) in [5.74, 6) is -0.267. The lowest BCUT2D eigenvalue weighted by Gasteiger charge is -2.22. The maximum Gasteiger partial charge on any atom is 0.227 e. The predicted octanol–water partition coefficient (Wildman–Crippen LogP) is -0.289. The van der Waals surface area contributed by atoms with Crippen molar-refractivity contribution in [3.63, 3.8) is 0 Å². The van der Waals surface area contributed by atoms with Crippen LogP contribution < -0.4 is 0 Å². The van der Waals surface area contributed by atoms with E-state index >= 15 is 0 Å². The van der Waals surface area contributed by atoms with Crippen LogP contribution in [0.5, 0.6) is 0 Å². The molecule has 6 nitrogen and oxygen atoms in total. The highest BCUT2D eigenvalue weighted by Crippen LogP contribution is 2.19. The van der Waals surface area contributed by atoms with Gasteiger partial charge in [0.05, 0.1) is 18.6 Å². The van der Waals surface area contributed by atoms with Crippen LogP contribution in [0, 0.1) is 5.92 Å². The van der Waals surface area contributed by atoms with Crippen molar-refractivity contribution in [1.29, 1.82) is 0 Å². The molecular weight excluding hydrogens is 248 g/mol. The van der Waals surface area contributed by atoms with Gasteiger partial charge in [0.1, 0.15) is 0 Å². The summed E-state index contributed by atoms with van der Waals surface area (Å²) in [5, 5.41) is 9.22. The second kappa shape index (κ2) is 7.45. The molecule has 0 aromatic rings. The Hall–Kier alpha value is -1.14. The number of carbonyl (C=O) groups is 2. The molecule has 2 atom stereocenters. The first kappa shape index (κ1) is 15.9. The summed E-state index contributed by atoms with van der Waals surface area (Å²) < 4.78 is 4.94. The van der Waals surface area contributed by atoms with Gasteiger partial charge in [-0.15, -0.1) is 0 Å². The summed E-state index contributed by atoms with van der Waals surface area (Å²) in [6.07, 6.45) is 0.413. The van der Waals surface area contributed by atoms with E-state index in [1.54, 1.807) is 30.9 Å². The van der Waals surface area contributed by atoms with E-state index in [4.69, 9.17) is 4.74 Å². The Bertz CT molecular complexity index is 320. The van der Waals surface area contributed by atoms with Crippen LogP contribution in [0.1, 0.15) is 19.8 Å². The van der Waals surface area contributed by atoms with Crippen molar-refractivity contribution in [2.24, 2.45) is 5.92 Å². The quantitative estimate of drug-likeness (QED) is 0.691. The van der Waals surface area contributed by atoms with Gasteiger partial charge in [-0.05, 0) is 13.3 Å². The highest BCUT2D eigenvalue weighted by Gasteiger charge is 2.35. The number of carbonyl (C=O) groups excluding carboxylic acids is 2. The van der Waals surface area contributed by atoms with Crippen molar-refractivity contribution < 1.29 is 19.4 Å². The molecule has 2 unspecified atom stereocenters. The SMILES string of the molecule is COCCN1CC(C(=O)N(C)CCC(C)O)CC1=O. The molecular formula is C13H24N2O4. The largest absolute Gasteiger partial charge is 0.393 e. The normalized spacial score (nSPS) is 20.7. The lowest BCUT2D eigenvalue weighted by atomic mass is 10.1. The van der Waals surface area contributed by atoms with Gasteiger partial charge in [-0.3, -0.25) is 9.59 Å². The van der Waals surface area contributed by atoms with E-state index in [1.807, 2.05) is 0 Å². The number of rotatable bonds is 7. The molecule has 1 saturated heterocycles. The van der Waals surface area contributed by atoms with E-state index < -0.39 is 6.10 Å². The molecule has 0 aromatic carbocycles. The molecule has 0 spiro atoms. The minimum absolute atomic E-state index is 0.0133. The van der Waals surface area contributed by atoms with Crippen LogP contribution >= 0.6 is 0 Å². The van der Waals surface area contributed by atoms with E-state index in [9.17, 15) is 14.7 Å². The van der Waals surface area contributed by atoms with Crippen LogP contribution in [0.25, 0.3) is 0 Å². The first-order valence-electron chi connectivity index (χ1n) is 6.65. The summed E-state index contributed by atoms with van der Waals surface area (Å²) >= 11 is 0. The lowest BCUT2D eigenvalue weighted by Crippen LogP contribution is -2.36. The van der Waals surface area contributed by atoms with Crippen molar-refractivity contribution in [3.05, 3.63) is 0 Å². The minimum atomic E-state index is -0.418. The molecule has 1 heterocycles. The summed E-state index contributed by atoms with van der Waals surface area (Å²) in [6, 6.07) is 0. The second-order valence-corrected chi connectivity index (χ2v) is 5.13. The molecule has 1 fully saturated rings. The summed E-state index contributed by atoms with van der Waals surface area (Å²) in [6.45, 7) is 3.71. The summed E-state index contributed by atoms with van der Waals surface area (Å²) in [7, 11) is 3.31. The molecule has 0 radical (unpaired) electrons. The highest BCUT2D eigenvalue weighted by molar-refractivity contribution is 5.89. The number of aliphatic hydroxyl groups is 1. The van der Waals surface area contributed by atoms with Crippen LogP contribution in [0.3, 0.4) is 0 Å². The molecule has 0 aliphatic carbocycles. The Balaban J connectivity index is 2.43. The maximum absolute atomic E-state index is 12.2. The zero-order chi connectivity index (χ0) is 14.4. The van der Waals surface area contributed by atoms with E-state index in [-0.39, 0.29) is 24.2 Å². The molecule has 1 N–H and O–H groups in total. The van der Waals surface area contributed by atoms with Crippen LogP contribution in [0.4, 0.5) is 0 Å². The Morgan fingerprint density at radius 3 is 2.89 bits per heavy atom. The van der Waals surface area contributed by atoms with Gasteiger partial charge in [-0.25, -0.2) is 0 Å². The Labute approximate surface area is 114 Å². The molecule has 0 aromatic heterocycles. The number of amides is 2. The third-order valence-electron chi connectivity index (χ3n) is 3.39. The van der Waals surface area contributed by atoms with E-state index in [2.05, 4.69) is 0 Å². The molecule has 1 aliphatic heterocycles. The molecule has 1 aliphatic rings. The molecule has 2 amide bonds. The predicted molar refractivity (Wildman–Crippen MR) is 70.5 cm³/mol. The fourth-order valence-corrected chi connectivity index (χ4v) is 2.16. The zero-order valence-corrected chi connectivity index (χ0v) is 12.0. The monoisotopic (exact) mass is 272 g/mol. The van der Waals surface area contributed by atoms with Gasteiger partial charge < -0.3 is 19.6 Å². The molecule has 6 heteroatoms. The van der Waals surface area contributed by atoms with Gasteiger partial charge in [0.25, 0.3) is 0 Å². The van der Waals surface area contributed by atoms with E-state index in [0.717, 1.165) is 0 Å². The highest BCUT2D eigenvalue weighted by atomic mass is 16.5. The van der Waals surface area contributed by atoms with Gasteiger partial charge in [0.2, 0.25) is 11.8 Å². The first-order valence-corrected chi connectivity index (χ1v) is 6.65. The second-order valence-electron chi connectivity index (χ2n) is 5.13. The topological polar surface area (TPSA) is 70.1 Å². The fourth-order valence-electron chi connectivity index (χ4n) is 2.16. The van der Waals surface area contributed by atoms with Crippen molar-refractivity contribution in [2.45, 2.75) is 25.9 Å². The Morgan fingerprint density at radius 2 is 2.32 bits per heavy atom. The number of aliphatic hydroxyl groups excluding tert-OH is 1. The van der Waals surface area contributed by atoms with Crippen LogP contribution in [-0.4, -0.2) is 73.2 Å². The maximum atomic E-state index is 12.2. The van der Waals surface area contributed by atoms with Crippen LogP contribution in [0.2, 0.25) is 0 Å². The average Bonchev–Trinajstić information content (AvgIpc) is 2.73. The number of hydrogen-bond donors (Lipinski definition) is 1. The zero-order valence-electron chi connectivity index (χ0n) is 12.0. The molecule has 0 saturated carbocycles. The first-order chi connectivity index (χ1) is 8.95. The van der Waals surface area contributed by atoms with E-state index in [0.29, 0.717) is 32.7 Å². The summed E-state index contributed by atoms with van der Waals surface area (Å²) in [4.78, 5) is 27.2. The number of hydrogen-bond acceptors (Lipinski definition) is 4. The lowest BCUT2D eigenvalue weighted by molar-refractivity contribution is -0.134. The average molecular weight is 272 g/mol. The van der Waals surface area contributed by atoms with Gasteiger partial charge >= 0.3 is 0 Å². The van der Waals surface area contributed by atoms with Crippen LogP contribution in [-0.2, 0) is 14.3 Å². The Morgan fingerprint density at radius 1 is 1.63 bits per heavy atom. The van der Waals surface area contributed by atoms with Crippen molar-refractivity contribution >= 4 is 11.8 Å². The third kappa shape index (κ3) is 4.80. The molecule has 0 bridgehead atoms. The van der Waals surface area contributed by atoms with E-state index in [1.165, 1.54) is 0 Å². The van der Waals surface area contributed by atoms with Crippen molar-refractivity contribution in [3.8, 4) is 0 Å². The van der Waals surface area contributed by atoms with Crippen molar-refractivity contribution in [1.82, 2.24) is 9.80 Å². The number of likely N-dealkylation sites (tertiary alicyclic amines) is 1. The third-order valence-corrected chi connectivity index (χ3v) is 3.39. The molecule has 110 valence electrons. The standard InChI is InChI=1S/C13H24N2O4/c1-10(16)4-5-14(2)13(18)11-8-12(17)15(9-11)6-7-19-3/h10-11,16H,4-9H2,1-3H3. The molecule has 19 heavy (non-hydrogen) atoms. The fraction of sp³-hybridized carbons (Fsp3) is 0.846. The smallest absolute Gasteiger partial charge is 0.227 e. The number of methoxy groups -OCH3 is 1. The van der Waals surface area contributed by atoms with Gasteiger partial charge in [0.15, 0.2) is 0 Å². The summed E-state index contributed by atoms with van der Waals surface area (Å²) in [5.41, 5.74) is 0. The van der Waals surface area contributed by atoms with Crippen LogP contribution in [0.15, 0.2) is 0 Å². The minimum Gasteiger partial charge on any atom is -0.393 e. The number of nitrogens with zero attached hydrogens (tertiary/aromatic N) is 2. The Kier molecular flexibility index (Phi) is 6.24. The van der Waals surface area contributed by atoms with Gasteiger partial charge in [0, 0.05) is 40.2 Å².